The molecule has 0 saturated carbocycles. The van der Waals surface area contributed by atoms with Crippen molar-refractivity contribution in [3.8, 4) is 5.69 Å². The van der Waals surface area contributed by atoms with E-state index in [0.717, 1.165) is 22.2 Å². The Morgan fingerprint density at radius 3 is 2.61 bits per heavy atom. The first-order valence-corrected chi connectivity index (χ1v) is 10.9. The number of halogens is 1. The Bertz CT molecular complexity index is 1560. The van der Waals surface area contributed by atoms with Crippen molar-refractivity contribution in [2.45, 2.75) is 13.8 Å². The zero-order valence-corrected chi connectivity index (χ0v) is 19.3. The van der Waals surface area contributed by atoms with Gasteiger partial charge < -0.3 is 9.73 Å². The summed E-state index contributed by atoms with van der Waals surface area (Å²) in [6.45, 7) is 3.78. The molecular weight excluding hydrogens is 458 g/mol. The molecule has 9 heteroatoms. The van der Waals surface area contributed by atoms with Gasteiger partial charge in [-0.3, -0.25) is 10.1 Å². The van der Waals surface area contributed by atoms with Crippen LogP contribution in [0.5, 0.6) is 0 Å². The van der Waals surface area contributed by atoms with Crippen LogP contribution in [0, 0.1) is 13.8 Å². The van der Waals surface area contributed by atoms with Gasteiger partial charge in [0.25, 0.3) is 5.91 Å². The molecule has 0 aliphatic rings. The van der Waals surface area contributed by atoms with E-state index in [0.29, 0.717) is 27.3 Å². The quantitative estimate of drug-likeness (QED) is 0.332. The van der Waals surface area contributed by atoms with Crippen molar-refractivity contribution >= 4 is 62.5 Å². The second-order valence-corrected chi connectivity index (χ2v) is 8.40. The molecular formula is C24H18ClN5O2S. The Morgan fingerprint density at radius 2 is 1.82 bits per heavy atom. The van der Waals surface area contributed by atoms with Gasteiger partial charge in [-0.25, -0.2) is 0 Å². The lowest BCUT2D eigenvalue weighted by Crippen LogP contribution is -2.34. The highest BCUT2D eigenvalue weighted by molar-refractivity contribution is 7.80. The van der Waals surface area contributed by atoms with Crippen molar-refractivity contribution in [2.24, 2.45) is 0 Å². The number of carbonyl (C=O) groups excluding carboxylic acids is 1. The number of anilines is 1. The Balaban J connectivity index is 1.33. The fourth-order valence-electron chi connectivity index (χ4n) is 3.53. The van der Waals surface area contributed by atoms with E-state index in [2.05, 4.69) is 20.8 Å². The molecule has 0 spiro atoms. The zero-order valence-electron chi connectivity index (χ0n) is 17.7. The van der Waals surface area contributed by atoms with Gasteiger partial charge in [0.1, 0.15) is 16.6 Å². The molecule has 0 aliphatic carbocycles. The minimum atomic E-state index is -0.413. The van der Waals surface area contributed by atoms with Gasteiger partial charge in [0.15, 0.2) is 10.9 Å². The molecule has 164 valence electrons. The highest BCUT2D eigenvalue weighted by Gasteiger charge is 2.18. The second kappa shape index (κ2) is 8.31. The summed E-state index contributed by atoms with van der Waals surface area (Å²) < 4.78 is 5.70. The van der Waals surface area contributed by atoms with Crippen molar-refractivity contribution in [1.29, 1.82) is 0 Å². The third-order valence-electron chi connectivity index (χ3n) is 5.30. The number of aryl methyl sites for hydroxylation is 2. The lowest BCUT2D eigenvalue weighted by molar-refractivity contribution is 0.0952. The standard InChI is InChI=1S/C24H18ClN5O2S/c1-13-7-9-16(12-18(13)25)30-28-19-10-8-15(11-20(19)29-30)26-24(33)27-23(31)22-14(2)17-5-3-4-6-21(17)32-22/h3-12H,1-2H3,(H2,26,27,31,33). The summed E-state index contributed by atoms with van der Waals surface area (Å²) in [5, 5.41) is 16.4. The van der Waals surface area contributed by atoms with Crippen LogP contribution in [-0.2, 0) is 0 Å². The average Bonchev–Trinajstić information content (AvgIpc) is 3.37. The maximum atomic E-state index is 12.7. The first kappa shape index (κ1) is 21.1. The average molecular weight is 476 g/mol. The highest BCUT2D eigenvalue weighted by atomic mass is 35.5. The molecule has 0 bridgehead atoms. The van der Waals surface area contributed by atoms with Crippen molar-refractivity contribution < 1.29 is 9.21 Å². The smallest absolute Gasteiger partial charge is 0.293 e. The predicted octanol–water partition coefficient (Wildman–Crippen LogP) is 5.56. The zero-order chi connectivity index (χ0) is 23.1. The van der Waals surface area contributed by atoms with Gasteiger partial charge in [-0.1, -0.05) is 35.9 Å². The first-order valence-electron chi connectivity index (χ1n) is 10.1. The number of thiocarbonyl (C=S) groups is 1. The number of aromatic nitrogens is 3. The number of carbonyl (C=O) groups is 1. The number of fused-ring (bicyclic) bond motifs is 2. The summed E-state index contributed by atoms with van der Waals surface area (Å²) in [6.07, 6.45) is 0. The van der Waals surface area contributed by atoms with Crippen LogP contribution in [0.3, 0.4) is 0 Å². The number of benzene rings is 3. The number of nitrogens with one attached hydrogen (secondary N) is 2. The van der Waals surface area contributed by atoms with Crippen LogP contribution in [0.15, 0.2) is 65.1 Å². The summed E-state index contributed by atoms with van der Waals surface area (Å²) in [5.74, 6) is -0.181. The summed E-state index contributed by atoms with van der Waals surface area (Å²) in [6, 6.07) is 18.6. The molecule has 2 aromatic heterocycles. The van der Waals surface area contributed by atoms with Crippen molar-refractivity contribution in [3.63, 3.8) is 0 Å². The number of hydrogen-bond donors (Lipinski definition) is 2. The fraction of sp³-hybridized carbons (Fsp3) is 0.0833. The molecule has 0 aliphatic heterocycles. The summed E-state index contributed by atoms with van der Waals surface area (Å²) in [4.78, 5) is 14.2. The third kappa shape index (κ3) is 4.06. The van der Waals surface area contributed by atoms with E-state index in [-0.39, 0.29) is 10.9 Å². The maximum Gasteiger partial charge on any atom is 0.293 e. The van der Waals surface area contributed by atoms with Crippen LogP contribution in [0.2, 0.25) is 5.02 Å². The Labute approximate surface area is 199 Å². The van der Waals surface area contributed by atoms with Gasteiger partial charge in [0.05, 0.1) is 5.69 Å². The Morgan fingerprint density at radius 1 is 1.03 bits per heavy atom. The van der Waals surface area contributed by atoms with Gasteiger partial charge in [-0.05, 0) is 68.0 Å². The van der Waals surface area contributed by atoms with Crippen molar-refractivity contribution in [2.75, 3.05) is 5.32 Å². The number of para-hydroxylation sites is 1. The monoisotopic (exact) mass is 475 g/mol. The molecule has 0 saturated heterocycles. The third-order valence-corrected chi connectivity index (χ3v) is 5.91. The molecule has 7 nitrogen and oxygen atoms in total. The molecule has 1 amide bonds. The lowest BCUT2D eigenvalue weighted by Gasteiger charge is -2.08. The Kier molecular flexibility index (Phi) is 5.32. The van der Waals surface area contributed by atoms with E-state index >= 15 is 0 Å². The SMILES string of the molecule is Cc1ccc(-n2nc3ccc(NC(=S)NC(=O)c4oc5ccccc5c4C)cc3n2)cc1Cl. The highest BCUT2D eigenvalue weighted by Crippen LogP contribution is 2.25. The lowest BCUT2D eigenvalue weighted by atomic mass is 10.1. The van der Waals surface area contributed by atoms with Gasteiger partial charge >= 0.3 is 0 Å². The Hall–Kier alpha value is -3.75. The summed E-state index contributed by atoms with van der Waals surface area (Å²) >= 11 is 11.6. The predicted molar refractivity (Wildman–Crippen MR) is 133 cm³/mol. The molecule has 5 rings (SSSR count). The molecule has 0 radical (unpaired) electrons. The van der Waals surface area contributed by atoms with E-state index in [4.69, 9.17) is 28.2 Å². The summed E-state index contributed by atoms with van der Waals surface area (Å²) in [5.41, 5.74) is 5.21. The number of amides is 1. The largest absolute Gasteiger partial charge is 0.451 e. The van der Waals surface area contributed by atoms with E-state index < -0.39 is 5.91 Å². The van der Waals surface area contributed by atoms with Crippen LogP contribution in [0.25, 0.3) is 27.7 Å². The molecule has 2 heterocycles. The second-order valence-electron chi connectivity index (χ2n) is 7.59. The van der Waals surface area contributed by atoms with E-state index in [9.17, 15) is 4.79 Å². The van der Waals surface area contributed by atoms with E-state index in [1.54, 1.807) is 6.07 Å². The van der Waals surface area contributed by atoms with Crippen molar-refractivity contribution in [3.05, 3.63) is 82.6 Å². The minimum absolute atomic E-state index is 0.150. The van der Waals surface area contributed by atoms with Gasteiger partial charge in [-0.15, -0.1) is 10.2 Å². The van der Waals surface area contributed by atoms with E-state index in [1.807, 2.05) is 68.4 Å². The number of furan rings is 1. The molecule has 0 fully saturated rings. The molecule has 2 N–H and O–H groups in total. The van der Waals surface area contributed by atoms with Crippen LogP contribution in [-0.4, -0.2) is 26.0 Å². The van der Waals surface area contributed by atoms with E-state index in [1.165, 1.54) is 4.80 Å². The molecule has 5 aromatic rings. The van der Waals surface area contributed by atoms with Crippen LogP contribution in [0.1, 0.15) is 21.7 Å². The molecule has 33 heavy (non-hydrogen) atoms. The van der Waals surface area contributed by atoms with Crippen molar-refractivity contribution in [1.82, 2.24) is 20.3 Å². The fourth-order valence-corrected chi connectivity index (χ4v) is 3.91. The van der Waals surface area contributed by atoms with Crippen LogP contribution < -0.4 is 10.6 Å². The number of hydrogen-bond acceptors (Lipinski definition) is 5. The first-order chi connectivity index (χ1) is 15.9. The van der Waals surface area contributed by atoms with Gasteiger partial charge in [-0.2, -0.15) is 4.80 Å². The van der Waals surface area contributed by atoms with Gasteiger partial charge in [0.2, 0.25) is 0 Å². The molecule has 0 unspecified atom stereocenters. The van der Waals surface area contributed by atoms with Crippen LogP contribution >= 0.6 is 23.8 Å². The maximum absolute atomic E-state index is 12.7. The number of nitrogens with zero attached hydrogens (tertiary/aromatic N) is 3. The summed E-state index contributed by atoms with van der Waals surface area (Å²) in [7, 11) is 0. The van der Waals surface area contributed by atoms with Crippen LogP contribution in [0.4, 0.5) is 5.69 Å². The minimum Gasteiger partial charge on any atom is -0.451 e. The molecule has 3 aromatic carbocycles. The topological polar surface area (TPSA) is 85.0 Å². The number of rotatable bonds is 3. The van der Waals surface area contributed by atoms with Gasteiger partial charge in [0, 0.05) is 21.7 Å². The molecule has 0 atom stereocenters. The normalized spacial score (nSPS) is 11.1.